The van der Waals surface area contributed by atoms with Crippen LogP contribution < -0.4 is 15.5 Å². The third-order valence-electron chi connectivity index (χ3n) is 6.14. The van der Waals surface area contributed by atoms with E-state index in [0.717, 1.165) is 48.0 Å². The molecule has 0 bridgehead atoms. The van der Waals surface area contributed by atoms with Crippen molar-refractivity contribution < 1.29 is 9.18 Å². The lowest BCUT2D eigenvalue weighted by molar-refractivity contribution is -0.126. The highest BCUT2D eigenvalue weighted by Crippen LogP contribution is 2.28. The number of halogens is 1. The molecular formula is C25H30FN5O. The van der Waals surface area contributed by atoms with Crippen molar-refractivity contribution in [2.75, 3.05) is 24.3 Å². The van der Waals surface area contributed by atoms with E-state index in [9.17, 15) is 9.18 Å². The van der Waals surface area contributed by atoms with E-state index in [4.69, 9.17) is 4.98 Å². The molecule has 0 atom stereocenters. The molecular weight excluding hydrogens is 405 g/mol. The van der Waals surface area contributed by atoms with Crippen molar-refractivity contribution in [3.8, 4) is 0 Å². The minimum Gasteiger partial charge on any atom is -0.362 e. The number of amides is 1. The fraction of sp³-hybridized carbons (Fsp3) is 0.400. The molecule has 1 amide bonds. The third kappa shape index (κ3) is 4.98. The lowest BCUT2D eigenvalue weighted by Gasteiger charge is -2.28. The first-order valence-corrected chi connectivity index (χ1v) is 11.1. The minimum absolute atomic E-state index is 0.0156. The first-order chi connectivity index (χ1) is 15.4. The molecule has 0 saturated heterocycles. The molecule has 2 aromatic carbocycles. The van der Waals surface area contributed by atoms with E-state index < -0.39 is 0 Å². The standard InChI is InChI=1S/C25H30FN5O/c1-16-8-9-17(14-21(16)26)15-27-24(32)18-10-12-19(13-11-18)28-25-29-22-7-5-4-6-20(22)23(30-25)31(2)3/h4-9,14,18-19H,10-13,15H2,1-3H3,(H,27,32)(H,28,29,30). The number of hydrogen-bond acceptors (Lipinski definition) is 5. The van der Waals surface area contributed by atoms with Gasteiger partial charge >= 0.3 is 0 Å². The van der Waals surface area contributed by atoms with Crippen LogP contribution in [0, 0.1) is 18.7 Å². The summed E-state index contributed by atoms with van der Waals surface area (Å²) in [6, 6.07) is 13.3. The van der Waals surface area contributed by atoms with Gasteiger partial charge in [-0.2, -0.15) is 4.98 Å². The Morgan fingerprint density at radius 3 is 2.56 bits per heavy atom. The number of hydrogen-bond donors (Lipinski definition) is 2. The highest BCUT2D eigenvalue weighted by molar-refractivity contribution is 5.90. The number of carbonyl (C=O) groups is 1. The molecule has 2 N–H and O–H groups in total. The van der Waals surface area contributed by atoms with Gasteiger partial charge < -0.3 is 15.5 Å². The van der Waals surface area contributed by atoms with Crippen LogP contribution in [-0.4, -0.2) is 36.0 Å². The van der Waals surface area contributed by atoms with Crippen molar-refractivity contribution in [3.05, 3.63) is 59.4 Å². The Balaban J connectivity index is 1.33. The molecule has 1 heterocycles. The maximum Gasteiger partial charge on any atom is 0.225 e. The van der Waals surface area contributed by atoms with Crippen LogP contribution in [0.15, 0.2) is 42.5 Å². The van der Waals surface area contributed by atoms with Crippen LogP contribution >= 0.6 is 0 Å². The summed E-state index contributed by atoms with van der Waals surface area (Å²) in [4.78, 5) is 24.0. The maximum atomic E-state index is 13.7. The van der Waals surface area contributed by atoms with E-state index >= 15 is 0 Å². The summed E-state index contributed by atoms with van der Waals surface area (Å²) in [5.41, 5.74) is 2.30. The summed E-state index contributed by atoms with van der Waals surface area (Å²) < 4.78 is 13.7. The van der Waals surface area contributed by atoms with Crippen LogP contribution in [0.3, 0.4) is 0 Å². The third-order valence-corrected chi connectivity index (χ3v) is 6.14. The van der Waals surface area contributed by atoms with Gasteiger partial charge in [-0.1, -0.05) is 24.3 Å². The Bertz CT molecular complexity index is 1110. The number of fused-ring (bicyclic) bond motifs is 1. The summed E-state index contributed by atoms with van der Waals surface area (Å²) >= 11 is 0. The second-order valence-electron chi connectivity index (χ2n) is 8.78. The van der Waals surface area contributed by atoms with Crippen molar-refractivity contribution >= 4 is 28.6 Å². The molecule has 1 aliphatic rings. The number of aromatic nitrogens is 2. The molecule has 32 heavy (non-hydrogen) atoms. The van der Waals surface area contributed by atoms with Gasteiger partial charge in [-0.25, -0.2) is 9.37 Å². The molecule has 6 nitrogen and oxygen atoms in total. The minimum atomic E-state index is -0.239. The summed E-state index contributed by atoms with van der Waals surface area (Å²) in [5, 5.41) is 7.46. The topological polar surface area (TPSA) is 70.2 Å². The average molecular weight is 436 g/mol. The molecule has 0 spiro atoms. The van der Waals surface area contributed by atoms with Crippen LogP contribution in [0.4, 0.5) is 16.2 Å². The second-order valence-corrected chi connectivity index (χ2v) is 8.78. The van der Waals surface area contributed by atoms with Crippen molar-refractivity contribution in [3.63, 3.8) is 0 Å². The summed E-state index contributed by atoms with van der Waals surface area (Å²) in [6.45, 7) is 2.08. The van der Waals surface area contributed by atoms with Crippen molar-refractivity contribution in [2.45, 2.75) is 45.2 Å². The molecule has 168 valence electrons. The predicted molar refractivity (Wildman–Crippen MR) is 126 cm³/mol. The monoisotopic (exact) mass is 435 g/mol. The fourth-order valence-electron chi connectivity index (χ4n) is 4.23. The van der Waals surface area contributed by atoms with E-state index in [0.29, 0.717) is 18.1 Å². The number of rotatable bonds is 6. The highest BCUT2D eigenvalue weighted by atomic mass is 19.1. The zero-order valence-corrected chi connectivity index (χ0v) is 18.9. The molecule has 1 aromatic heterocycles. The molecule has 7 heteroatoms. The van der Waals surface area contributed by atoms with Crippen LogP contribution in [0.25, 0.3) is 10.9 Å². The number of aryl methyl sites for hydroxylation is 1. The van der Waals surface area contributed by atoms with Gasteiger partial charge in [-0.15, -0.1) is 0 Å². The summed E-state index contributed by atoms with van der Waals surface area (Å²) in [5.74, 6) is 1.30. The Kier molecular flexibility index (Phi) is 6.53. The second kappa shape index (κ2) is 9.51. The highest BCUT2D eigenvalue weighted by Gasteiger charge is 2.26. The zero-order chi connectivity index (χ0) is 22.7. The van der Waals surface area contributed by atoms with Crippen LogP contribution in [-0.2, 0) is 11.3 Å². The van der Waals surface area contributed by atoms with Crippen molar-refractivity contribution in [2.24, 2.45) is 5.92 Å². The number of benzene rings is 2. The van der Waals surface area contributed by atoms with Gasteiger partial charge in [0.15, 0.2) is 0 Å². The molecule has 1 aliphatic carbocycles. The predicted octanol–water partition coefficient (Wildman–Crippen LogP) is 4.43. The molecule has 4 rings (SSSR count). The van der Waals surface area contributed by atoms with Crippen molar-refractivity contribution in [1.29, 1.82) is 0 Å². The Labute approximate surface area is 188 Å². The largest absolute Gasteiger partial charge is 0.362 e. The summed E-state index contributed by atoms with van der Waals surface area (Å²) in [6.07, 6.45) is 3.37. The maximum absolute atomic E-state index is 13.7. The molecule has 0 radical (unpaired) electrons. The average Bonchev–Trinajstić information content (AvgIpc) is 2.79. The van der Waals surface area contributed by atoms with E-state index in [1.54, 1.807) is 13.0 Å². The molecule has 3 aromatic rings. The Morgan fingerprint density at radius 2 is 1.84 bits per heavy atom. The van der Waals surface area contributed by atoms with Gasteiger partial charge in [0.1, 0.15) is 11.6 Å². The quantitative estimate of drug-likeness (QED) is 0.599. The molecule has 1 saturated carbocycles. The van der Waals surface area contributed by atoms with Gasteiger partial charge in [0.05, 0.1) is 5.52 Å². The molecule has 1 fully saturated rings. The zero-order valence-electron chi connectivity index (χ0n) is 18.9. The Hall–Kier alpha value is -3.22. The van der Waals surface area contributed by atoms with E-state index in [1.807, 2.05) is 49.3 Å². The normalized spacial score (nSPS) is 18.4. The number of anilines is 2. The Morgan fingerprint density at radius 1 is 1.09 bits per heavy atom. The number of nitrogens with zero attached hydrogens (tertiary/aromatic N) is 3. The molecule has 0 aliphatic heterocycles. The first kappa shape index (κ1) is 22.0. The number of nitrogens with one attached hydrogen (secondary N) is 2. The fourth-order valence-corrected chi connectivity index (χ4v) is 4.23. The summed E-state index contributed by atoms with van der Waals surface area (Å²) in [7, 11) is 3.96. The van der Waals surface area contributed by atoms with Gasteiger partial charge in [0.25, 0.3) is 0 Å². The van der Waals surface area contributed by atoms with Gasteiger partial charge in [-0.3, -0.25) is 4.79 Å². The SMILES string of the molecule is Cc1ccc(CNC(=O)C2CCC(Nc3nc(N(C)C)c4ccccc4n3)CC2)cc1F. The smallest absolute Gasteiger partial charge is 0.225 e. The van der Waals surface area contributed by atoms with Crippen molar-refractivity contribution in [1.82, 2.24) is 15.3 Å². The van der Waals surface area contributed by atoms with Crippen LogP contribution in [0.1, 0.15) is 36.8 Å². The number of carbonyl (C=O) groups excluding carboxylic acids is 1. The molecule has 0 unspecified atom stereocenters. The van der Waals surface area contributed by atoms with E-state index in [-0.39, 0.29) is 23.7 Å². The first-order valence-electron chi connectivity index (χ1n) is 11.1. The lowest BCUT2D eigenvalue weighted by Crippen LogP contribution is -2.36. The lowest BCUT2D eigenvalue weighted by atomic mass is 9.85. The van der Waals surface area contributed by atoms with Gasteiger partial charge in [0, 0.05) is 38.0 Å². The van der Waals surface area contributed by atoms with Gasteiger partial charge in [0.2, 0.25) is 11.9 Å². The van der Waals surface area contributed by atoms with E-state index in [1.165, 1.54) is 6.07 Å². The van der Waals surface area contributed by atoms with Gasteiger partial charge in [-0.05, 0) is 61.9 Å². The number of para-hydroxylation sites is 1. The van der Waals surface area contributed by atoms with E-state index in [2.05, 4.69) is 15.6 Å². The van der Waals surface area contributed by atoms with Crippen LogP contribution in [0.5, 0.6) is 0 Å². The van der Waals surface area contributed by atoms with Crippen LogP contribution in [0.2, 0.25) is 0 Å².